The third kappa shape index (κ3) is 2.94. The Hall–Kier alpha value is -1.60. The van der Waals surface area contributed by atoms with E-state index >= 15 is 0 Å². The van der Waals surface area contributed by atoms with Gasteiger partial charge in [0.25, 0.3) is 5.24 Å². The highest BCUT2D eigenvalue weighted by molar-refractivity contribution is 8.13. The lowest BCUT2D eigenvalue weighted by atomic mass is 10.3. The minimum Gasteiger partial charge on any atom is -0.329 e. The summed E-state index contributed by atoms with van der Waals surface area (Å²) in [6, 6.07) is 7.17. The van der Waals surface area contributed by atoms with Crippen LogP contribution in [0.3, 0.4) is 0 Å². The van der Waals surface area contributed by atoms with Crippen LogP contribution in [0.15, 0.2) is 29.3 Å². The quantitative estimate of drug-likeness (QED) is 0.813. The molecule has 1 aromatic carbocycles. The van der Waals surface area contributed by atoms with Gasteiger partial charge in [-0.3, -0.25) is 4.79 Å². The standard InChI is InChI=1S/C13H15N3O2S2/c1-4-19-13(18)16-9-7-5-6-8-10(9)20-12(16)14-11(17)15(2)3/h5-8H,4H2,1-3H3. The first-order chi connectivity index (χ1) is 9.54. The second-order valence-electron chi connectivity index (χ2n) is 4.18. The lowest BCUT2D eigenvalue weighted by molar-refractivity contribution is 0.226. The SMILES string of the molecule is CCSC(=O)n1c(=NC(=O)N(C)C)sc2ccccc21. The number of hydrogen-bond donors (Lipinski definition) is 0. The molecule has 0 saturated heterocycles. The maximum absolute atomic E-state index is 12.2. The van der Waals surface area contributed by atoms with E-state index in [0.29, 0.717) is 10.6 Å². The number of hydrogen-bond acceptors (Lipinski definition) is 4. The number of thioether (sulfide) groups is 1. The van der Waals surface area contributed by atoms with Gasteiger partial charge in [-0.2, -0.15) is 4.99 Å². The Morgan fingerprint density at radius 3 is 2.70 bits per heavy atom. The third-order valence-corrected chi connectivity index (χ3v) is 4.26. The van der Waals surface area contributed by atoms with Gasteiger partial charge >= 0.3 is 6.03 Å². The van der Waals surface area contributed by atoms with E-state index in [1.165, 1.54) is 32.6 Å². The highest BCUT2D eigenvalue weighted by atomic mass is 32.2. The Labute approximate surface area is 124 Å². The summed E-state index contributed by atoms with van der Waals surface area (Å²) >= 11 is 2.54. The van der Waals surface area contributed by atoms with Crippen molar-refractivity contribution >= 4 is 44.6 Å². The fraction of sp³-hybridized carbons (Fsp3) is 0.308. The van der Waals surface area contributed by atoms with Gasteiger partial charge in [-0.1, -0.05) is 42.2 Å². The molecule has 1 heterocycles. The van der Waals surface area contributed by atoms with Crippen molar-refractivity contribution in [2.24, 2.45) is 4.99 Å². The summed E-state index contributed by atoms with van der Waals surface area (Å²) in [5.41, 5.74) is 0.786. The zero-order valence-electron chi connectivity index (χ0n) is 11.5. The Morgan fingerprint density at radius 2 is 2.05 bits per heavy atom. The smallest absolute Gasteiger partial charge is 0.329 e. The van der Waals surface area contributed by atoms with E-state index < -0.39 is 0 Å². The van der Waals surface area contributed by atoms with Crippen molar-refractivity contribution in [3.8, 4) is 0 Å². The monoisotopic (exact) mass is 309 g/mol. The highest BCUT2D eigenvalue weighted by Crippen LogP contribution is 2.19. The molecular weight excluding hydrogens is 294 g/mol. The maximum Gasteiger partial charge on any atom is 0.345 e. The number of urea groups is 1. The molecule has 0 spiro atoms. The van der Waals surface area contributed by atoms with Crippen LogP contribution in [0.1, 0.15) is 6.92 Å². The number of para-hydroxylation sites is 1. The Kier molecular flexibility index (Phi) is 4.61. The number of carbonyl (C=O) groups excluding carboxylic acids is 2. The van der Waals surface area contributed by atoms with Gasteiger partial charge in [0, 0.05) is 14.1 Å². The largest absolute Gasteiger partial charge is 0.345 e. The average molecular weight is 309 g/mol. The number of carbonyl (C=O) groups is 2. The fourth-order valence-corrected chi connectivity index (χ4v) is 3.22. The molecule has 0 radical (unpaired) electrons. The number of nitrogens with zero attached hydrogens (tertiary/aromatic N) is 3. The van der Waals surface area contributed by atoms with Crippen molar-refractivity contribution in [1.29, 1.82) is 0 Å². The van der Waals surface area contributed by atoms with E-state index in [2.05, 4.69) is 4.99 Å². The number of fused-ring (bicyclic) bond motifs is 1. The van der Waals surface area contributed by atoms with Crippen molar-refractivity contribution in [2.75, 3.05) is 19.8 Å². The molecule has 0 N–H and O–H groups in total. The Morgan fingerprint density at radius 1 is 1.35 bits per heavy atom. The normalized spacial score (nSPS) is 11.8. The fourth-order valence-electron chi connectivity index (χ4n) is 1.59. The van der Waals surface area contributed by atoms with Crippen molar-refractivity contribution < 1.29 is 9.59 Å². The topological polar surface area (TPSA) is 54.7 Å². The third-order valence-electron chi connectivity index (χ3n) is 2.52. The molecular formula is C13H15N3O2S2. The predicted molar refractivity (Wildman–Crippen MR) is 83.4 cm³/mol. The van der Waals surface area contributed by atoms with E-state index in [0.717, 1.165) is 10.2 Å². The number of thiazole rings is 1. The summed E-state index contributed by atoms with van der Waals surface area (Å²) < 4.78 is 2.44. The Bertz CT molecular complexity index is 716. The van der Waals surface area contributed by atoms with E-state index in [1.807, 2.05) is 31.2 Å². The van der Waals surface area contributed by atoms with E-state index in [1.54, 1.807) is 14.1 Å². The van der Waals surface area contributed by atoms with Crippen molar-refractivity contribution in [2.45, 2.75) is 6.92 Å². The van der Waals surface area contributed by atoms with Crippen LogP contribution in [-0.4, -0.2) is 40.6 Å². The number of rotatable bonds is 1. The van der Waals surface area contributed by atoms with Crippen LogP contribution in [0.2, 0.25) is 0 Å². The van der Waals surface area contributed by atoms with Gasteiger partial charge in [-0.15, -0.1) is 0 Å². The van der Waals surface area contributed by atoms with Crippen LogP contribution >= 0.6 is 23.1 Å². The van der Waals surface area contributed by atoms with Crippen LogP contribution in [0, 0.1) is 0 Å². The molecule has 0 unspecified atom stereocenters. The predicted octanol–water partition coefficient (Wildman–Crippen LogP) is 3.01. The second kappa shape index (κ2) is 6.23. The first-order valence-corrected chi connectivity index (χ1v) is 7.88. The van der Waals surface area contributed by atoms with Gasteiger partial charge in [-0.05, 0) is 17.9 Å². The summed E-state index contributed by atoms with van der Waals surface area (Å²) in [4.78, 5) is 29.8. The number of amides is 2. The highest BCUT2D eigenvalue weighted by Gasteiger charge is 2.14. The minimum atomic E-state index is -0.375. The molecule has 0 fully saturated rings. The summed E-state index contributed by atoms with van der Waals surface area (Å²) in [5.74, 6) is 0.678. The van der Waals surface area contributed by atoms with Gasteiger partial charge in [-0.25, -0.2) is 9.36 Å². The molecule has 0 aliphatic heterocycles. The zero-order valence-corrected chi connectivity index (χ0v) is 13.1. The van der Waals surface area contributed by atoms with Gasteiger partial charge in [0.15, 0.2) is 0 Å². The first-order valence-electron chi connectivity index (χ1n) is 6.08. The molecule has 7 heteroatoms. The first kappa shape index (κ1) is 14.8. The molecule has 0 bridgehead atoms. The van der Waals surface area contributed by atoms with Crippen LogP contribution in [0.25, 0.3) is 10.2 Å². The molecule has 20 heavy (non-hydrogen) atoms. The second-order valence-corrected chi connectivity index (χ2v) is 6.40. The van der Waals surface area contributed by atoms with Gasteiger partial charge in [0.2, 0.25) is 4.80 Å². The van der Waals surface area contributed by atoms with Crippen molar-refractivity contribution in [1.82, 2.24) is 9.47 Å². The van der Waals surface area contributed by atoms with Crippen LogP contribution in [0.4, 0.5) is 9.59 Å². The summed E-state index contributed by atoms with van der Waals surface area (Å²) in [5, 5.41) is -0.116. The van der Waals surface area contributed by atoms with E-state index in [9.17, 15) is 9.59 Å². The van der Waals surface area contributed by atoms with Crippen LogP contribution < -0.4 is 4.80 Å². The van der Waals surface area contributed by atoms with Crippen molar-refractivity contribution in [3.63, 3.8) is 0 Å². The minimum absolute atomic E-state index is 0.116. The number of aromatic nitrogens is 1. The molecule has 2 rings (SSSR count). The summed E-state index contributed by atoms with van der Waals surface area (Å²) in [6.07, 6.45) is 0. The molecule has 0 aliphatic carbocycles. The molecule has 0 atom stereocenters. The van der Waals surface area contributed by atoms with Crippen LogP contribution in [0.5, 0.6) is 0 Å². The summed E-state index contributed by atoms with van der Waals surface area (Å²) in [7, 11) is 3.26. The van der Waals surface area contributed by atoms with Gasteiger partial charge in [0.1, 0.15) is 0 Å². The summed E-state index contributed by atoms with van der Waals surface area (Å²) in [6.45, 7) is 1.92. The molecule has 106 valence electrons. The molecule has 0 aliphatic rings. The molecule has 5 nitrogen and oxygen atoms in total. The van der Waals surface area contributed by atoms with E-state index in [4.69, 9.17) is 0 Å². The average Bonchev–Trinajstić information content (AvgIpc) is 2.76. The molecule has 0 saturated carbocycles. The maximum atomic E-state index is 12.2. The zero-order chi connectivity index (χ0) is 14.7. The lowest BCUT2D eigenvalue weighted by Crippen LogP contribution is -2.25. The van der Waals surface area contributed by atoms with E-state index in [-0.39, 0.29) is 11.3 Å². The molecule has 2 amide bonds. The lowest BCUT2D eigenvalue weighted by Gasteiger charge is -2.05. The molecule has 2 aromatic rings. The Balaban J connectivity index is 2.67. The molecule has 1 aromatic heterocycles. The van der Waals surface area contributed by atoms with Crippen molar-refractivity contribution in [3.05, 3.63) is 29.1 Å². The van der Waals surface area contributed by atoms with Crippen LogP contribution in [-0.2, 0) is 0 Å². The van der Waals surface area contributed by atoms with Gasteiger partial charge in [0.05, 0.1) is 10.2 Å². The number of benzene rings is 1. The van der Waals surface area contributed by atoms with Gasteiger partial charge < -0.3 is 4.90 Å².